The van der Waals surface area contributed by atoms with Gasteiger partial charge in [0.2, 0.25) is 5.16 Å². The van der Waals surface area contributed by atoms with Gasteiger partial charge in [0, 0.05) is 6.20 Å². The summed E-state index contributed by atoms with van der Waals surface area (Å²) in [7, 11) is 1.62. The fraction of sp³-hybridized carbons (Fsp3) is 0.0526. The van der Waals surface area contributed by atoms with Crippen LogP contribution in [0.15, 0.2) is 71.2 Å². The minimum absolute atomic E-state index is 0.259. The van der Waals surface area contributed by atoms with Gasteiger partial charge in [-0.3, -0.25) is 9.55 Å². The zero-order valence-electron chi connectivity index (χ0n) is 14.7. The topological polar surface area (TPSA) is 102 Å². The summed E-state index contributed by atoms with van der Waals surface area (Å²) in [4.78, 5) is 12.7. The van der Waals surface area contributed by atoms with E-state index in [1.54, 1.807) is 13.3 Å². The smallest absolute Gasteiger partial charge is 0.202 e. The first kappa shape index (κ1) is 17.6. The van der Waals surface area contributed by atoms with Crippen LogP contribution in [0.3, 0.4) is 0 Å². The molecule has 4 rings (SSSR count). The van der Waals surface area contributed by atoms with Gasteiger partial charge < -0.3 is 4.74 Å². The summed E-state index contributed by atoms with van der Waals surface area (Å²) >= 11 is 1.30. The fourth-order valence-corrected chi connectivity index (χ4v) is 3.24. The summed E-state index contributed by atoms with van der Waals surface area (Å²) < 4.78 is 7.14. The number of rotatable bonds is 5. The number of hydrogen-bond donors (Lipinski definition) is 0. The average molecular weight is 387 g/mol. The van der Waals surface area contributed by atoms with Crippen LogP contribution in [-0.2, 0) is 0 Å². The molecule has 0 aliphatic carbocycles. The molecular weight excluding hydrogens is 374 g/mol. The fourth-order valence-electron chi connectivity index (χ4n) is 2.48. The molecule has 0 unspecified atom stereocenters. The van der Waals surface area contributed by atoms with Gasteiger partial charge in [-0.05, 0) is 48.2 Å². The van der Waals surface area contributed by atoms with E-state index in [1.807, 2.05) is 53.1 Å². The highest BCUT2D eigenvalue weighted by atomic mass is 32.2. The van der Waals surface area contributed by atoms with Crippen molar-refractivity contribution in [1.29, 1.82) is 5.26 Å². The Labute approximate surface area is 164 Å². The highest BCUT2D eigenvalue weighted by Crippen LogP contribution is 2.31. The summed E-state index contributed by atoms with van der Waals surface area (Å²) in [6.45, 7) is 0. The highest BCUT2D eigenvalue weighted by molar-refractivity contribution is 7.99. The third kappa shape index (κ3) is 3.54. The third-order valence-corrected chi connectivity index (χ3v) is 4.66. The summed E-state index contributed by atoms with van der Waals surface area (Å²) in [5, 5.41) is 18.7. The lowest BCUT2D eigenvalue weighted by Gasteiger charge is -2.10. The predicted octanol–water partition coefficient (Wildman–Crippen LogP) is 3.15. The van der Waals surface area contributed by atoms with Gasteiger partial charge in [-0.25, -0.2) is 9.97 Å². The Morgan fingerprint density at radius 2 is 1.86 bits per heavy atom. The van der Waals surface area contributed by atoms with Crippen molar-refractivity contribution in [1.82, 2.24) is 29.7 Å². The van der Waals surface area contributed by atoms with Gasteiger partial charge in [0.25, 0.3) is 0 Å². The standard InChI is InChI=1S/C19H13N7OS/c1-27-15-7-5-14(6-8-15)26-18(16-4-2-3-9-21-16)24-25-19(26)28-17-12-22-13(10-20)11-23-17/h2-9,11-12H,1H3. The first-order chi connectivity index (χ1) is 13.8. The lowest BCUT2D eigenvalue weighted by atomic mass is 10.3. The third-order valence-electron chi connectivity index (χ3n) is 3.80. The summed E-state index contributed by atoms with van der Waals surface area (Å²) in [6.07, 6.45) is 4.67. The first-order valence-corrected chi connectivity index (χ1v) is 9.01. The Bertz CT molecular complexity index is 1120. The SMILES string of the molecule is COc1ccc(-n2c(Sc3cnc(C#N)cn3)nnc2-c2ccccn2)cc1. The van der Waals surface area contributed by atoms with E-state index >= 15 is 0 Å². The summed E-state index contributed by atoms with van der Waals surface area (Å²) in [5.74, 6) is 1.36. The number of pyridine rings is 1. The van der Waals surface area contributed by atoms with E-state index in [0.29, 0.717) is 21.7 Å². The van der Waals surface area contributed by atoms with Crippen LogP contribution >= 0.6 is 11.8 Å². The minimum atomic E-state index is 0.259. The minimum Gasteiger partial charge on any atom is -0.497 e. The molecule has 0 aliphatic heterocycles. The number of nitriles is 1. The summed E-state index contributed by atoms with van der Waals surface area (Å²) in [5.41, 5.74) is 1.81. The second-order valence-corrected chi connectivity index (χ2v) is 6.50. The molecule has 0 saturated carbocycles. The Kier molecular flexibility index (Phi) is 4.95. The maximum atomic E-state index is 8.88. The molecule has 0 aliphatic rings. The van der Waals surface area contributed by atoms with Gasteiger partial charge in [0.1, 0.15) is 22.5 Å². The molecule has 4 aromatic rings. The zero-order chi connectivity index (χ0) is 19.3. The molecule has 0 N–H and O–H groups in total. The van der Waals surface area contributed by atoms with E-state index in [2.05, 4.69) is 25.1 Å². The van der Waals surface area contributed by atoms with Crippen LogP contribution in [0.1, 0.15) is 5.69 Å². The first-order valence-electron chi connectivity index (χ1n) is 8.20. The van der Waals surface area contributed by atoms with Crippen molar-refractivity contribution in [3.8, 4) is 29.0 Å². The van der Waals surface area contributed by atoms with Crippen molar-refractivity contribution in [3.05, 3.63) is 66.7 Å². The Morgan fingerprint density at radius 1 is 1.00 bits per heavy atom. The number of benzene rings is 1. The van der Waals surface area contributed by atoms with Crippen LogP contribution in [0.2, 0.25) is 0 Å². The normalized spacial score (nSPS) is 10.4. The molecule has 136 valence electrons. The zero-order valence-corrected chi connectivity index (χ0v) is 15.5. The van der Waals surface area contributed by atoms with Gasteiger partial charge in [-0.2, -0.15) is 5.26 Å². The van der Waals surface area contributed by atoms with Crippen LogP contribution in [-0.4, -0.2) is 36.8 Å². The van der Waals surface area contributed by atoms with Crippen molar-refractivity contribution >= 4 is 11.8 Å². The van der Waals surface area contributed by atoms with E-state index in [0.717, 1.165) is 11.4 Å². The van der Waals surface area contributed by atoms with Crippen LogP contribution in [0.25, 0.3) is 17.2 Å². The number of hydrogen-bond acceptors (Lipinski definition) is 8. The summed E-state index contributed by atoms with van der Waals surface area (Å²) in [6, 6.07) is 15.2. The molecule has 0 saturated heterocycles. The second kappa shape index (κ2) is 7.85. The van der Waals surface area contributed by atoms with Gasteiger partial charge in [0.05, 0.1) is 25.2 Å². The molecule has 28 heavy (non-hydrogen) atoms. The van der Waals surface area contributed by atoms with Crippen molar-refractivity contribution < 1.29 is 4.74 Å². The molecule has 8 nitrogen and oxygen atoms in total. The van der Waals surface area contributed by atoms with Crippen LogP contribution in [0, 0.1) is 11.3 Å². The highest BCUT2D eigenvalue weighted by Gasteiger charge is 2.18. The molecule has 9 heteroatoms. The van der Waals surface area contributed by atoms with Gasteiger partial charge in [-0.15, -0.1) is 10.2 Å². The molecule has 1 aromatic carbocycles. The van der Waals surface area contributed by atoms with Crippen LogP contribution in [0.5, 0.6) is 5.75 Å². The van der Waals surface area contributed by atoms with Crippen LogP contribution < -0.4 is 4.74 Å². The largest absolute Gasteiger partial charge is 0.497 e. The maximum Gasteiger partial charge on any atom is 0.202 e. The van der Waals surface area contributed by atoms with Crippen molar-refractivity contribution in [3.63, 3.8) is 0 Å². The maximum absolute atomic E-state index is 8.88. The van der Waals surface area contributed by atoms with E-state index in [4.69, 9.17) is 10.00 Å². The monoisotopic (exact) mass is 387 g/mol. The Hall–Kier alpha value is -3.77. The van der Waals surface area contributed by atoms with Crippen molar-refractivity contribution in [2.45, 2.75) is 10.2 Å². The molecule has 0 spiro atoms. The molecule has 0 amide bonds. The second-order valence-electron chi connectivity index (χ2n) is 5.51. The number of nitrogens with zero attached hydrogens (tertiary/aromatic N) is 7. The molecule has 0 fully saturated rings. The molecule has 0 radical (unpaired) electrons. The molecule has 3 aromatic heterocycles. The lowest BCUT2D eigenvalue weighted by Crippen LogP contribution is -2.01. The van der Waals surface area contributed by atoms with E-state index in [9.17, 15) is 0 Å². The van der Waals surface area contributed by atoms with E-state index in [1.165, 1.54) is 24.2 Å². The number of ether oxygens (including phenoxy) is 1. The van der Waals surface area contributed by atoms with Gasteiger partial charge in [0.15, 0.2) is 11.5 Å². The molecular formula is C19H13N7OS. The van der Waals surface area contributed by atoms with Crippen molar-refractivity contribution in [2.24, 2.45) is 0 Å². The number of aromatic nitrogens is 6. The molecule has 0 atom stereocenters. The molecule has 0 bridgehead atoms. The predicted molar refractivity (Wildman–Crippen MR) is 102 cm³/mol. The van der Waals surface area contributed by atoms with Crippen LogP contribution in [0.4, 0.5) is 0 Å². The van der Waals surface area contributed by atoms with E-state index < -0.39 is 0 Å². The van der Waals surface area contributed by atoms with E-state index in [-0.39, 0.29) is 5.69 Å². The Balaban J connectivity index is 1.79. The quantitative estimate of drug-likeness (QED) is 0.514. The van der Waals surface area contributed by atoms with Crippen molar-refractivity contribution in [2.75, 3.05) is 7.11 Å². The lowest BCUT2D eigenvalue weighted by molar-refractivity contribution is 0.414. The number of methoxy groups -OCH3 is 1. The van der Waals surface area contributed by atoms with Gasteiger partial charge >= 0.3 is 0 Å². The Morgan fingerprint density at radius 3 is 2.50 bits per heavy atom. The van der Waals surface area contributed by atoms with Gasteiger partial charge in [-0.1, -0.05) is 6.07 Å². The molecule has 3 heterocycles. The average Bonchev–Trinajstić information content (AvgIpc) is 3.18.